The van der Waals surface area contributed by atoms with Gasteiger partial charge in [0.25, 0.3) is 5.91 Å². The molecule has 3 fully saturated rings. The number of para-hydroxylation sites is 1. The number of benzene rings is 1. The Morgan fingerprint density at radius 1 is 1.08 bits per heavy atom. The van der Waals surface area contributed by atoms with Crippen LogP contribution in [0.25, 0.3) is 10.9 Å². The molecule has 3 aliphatic rings. The Bertz CT molecular complexity index is 1210. The van der Waals surface area contributed by atoms with Crippen LogP contribution < -0.4 is 5.32 Å². The van der Waals surface area contributed by atoms with Crippen molar-refractivity contribution in [2.24, 2.45) is 0 Å². The highest BCUT2D eigenvalue weighted by molar-refractivity contribution is 7.88. The highest BCUT2D eigenvalue weighted by Gasteiger charge is 2.42. The Morgan fingerprint density at radius 3 is 2.35 bits per heavy atom. The minimum absolute atomic E-state index is 0.102. The highest BCUT2D eigenvalue weighted by Crippen LogP contribution is 2.36. The number of sulfonamides is 1. The van der Waals surface area contributed by atoms with Crippen molar-refractivity contribution in [3.05, 3.63) is 30.0 Å². The van der Waals surface area contributed by atoms with Gasteiger partial charge >= 0.3 is 0 Å². The first kappa shape index (κ1) is 26.6. The lowest BCUT2D eigenvalue weighted by molar-refractivity contribution is 0.0276. The summed E-state index contributed by atoms with van der Waals surface area (Å²) in [6.45, 7) is 7.56. The molecule has 204 valence electrons. The molecule has 11 heteroatoms. The fourth-order valence-electron chi connectivity index (χ4n) is 6.44. The molecule has 37 heavy (non-hydrogen) atoms. The molecule has 3 aliphatic heterocycles. The Hall–Kier alpha value is -2.05. The average Bonchev–Trinajstić information content (AvgIpc) is 3.33. The van der Waals surface area contributed by atoms with Crippen LogP contribution in [0.3, 0.4) is 0 Å². The first-order valence-electron chi connectivity index (χ1n) is 13.5. The summed E-state index contributed by atoms with van der Waals surface area (Å²) in [5.74, 6) is -0.110. The third-order valence-electron chi connectivity index (χ3n) is 8.23. The van der Waals surface area contributed by atoms with Crippen molar-refractivity contribution in [1.82, 2.24) is 29.2 Å². The van der Waals surface area contributed by atoms with E-state index in [1.165, 1.54) is 10.6 Å². The van der Waals surface area contributed by atoms with E-state index in [9.17, 15) is 18.3 Å². The van der Waals surface area contributed by atoms with Gasteiger partial charge in [-0.15, -0.1) is 0 Å². The highest BCUT2D eigenvalue weighted by atomic mass is 32.2. The van der Waals surface area contributed by atoms with Crippen LogP contribution in [0, 0.1) is 0 Å². The van der Waals surface area contributed by atoms with Crippen LogP contribution in [0.15, 0.2) is 24.3 Å². The number of piperidine rings is 1. The molecule has 2 bridgehead atoms. The van der Waals surface area contributed by atoms with E-state index in [2.05, 4.69) is 34.1 Å². The van der Waals surface area contributed by atoms with E-state index >= 15 is 0 Å². The number of amides is 1. The number of hydrogen-bond acceptors (Lipinski definition) is 7. The Morgan fingerprint density at radius 2 is 1.73 bits per heavy atom. The van der Waals surface area contributed by atoms with Crippen LogP contribution in [-0.2, 0) is 10.0 Å². The van der Waals surface area contributed by atoms with Gasteiger partial charge in [0.05, 0.1) is 17.9 Å². The lowest BCUT2D eigenvalue weighted by Gasteiger charge is -2.41. The molecule has 2 aromatic rings. The van der Waals surface area contributed by atoms with Gasteiger partial charge < -0.3 is 10.4 Å². The third kappa shape index (κ3) is 5.70. The van der Waals surface area contributed by atoms with Gasteiger partial charge in [-0.2, -0.15) is 9.40 Å². The van der Waals surface area contributed by atoms with Crippen molar-refractivity contribution in [1.29, 1.82) is 0 Å². The maximum Gasteiger partial charge on any atom is 0.272 e. The van der Waals surface area contributed by atoms with Crippen molar-refractivity contribution < 1.29 is 18.3 Å². The molecule has 1 aromatic heterocycles. The van der Waals surface area contributed by atoms with E-state index in [0.29, 0.717) is 57.0 Å². The second kappa shape index (κ2) is 10.6. The average molecular weight is 533 g/mol. The second-order valence-electron chi connectivity index (χ2n) is 11.2. The molecule has 3 atom stereocenters. The van der Waals surface area contributed by atoms with Gasteiger partial charge in [0.1, 0.15) is 0 Å². The quantitative estimate of drug-likeness (QED) is 0.527. The number of β-amino-alcohol motifs (C(OH)–C–C–N with tert-alkyl or cyclic N) is 1. The van der Waals surface area contributed by atoms with Crippen LogP contribution in [0.1, 0.15) is 56.1 Å². The lowest BCUT2D eigenvalue weighted by Crippen LogP contribution is -2.54. The number of fused-ring (bicyclic) bond motifs is 3. The molecule has 10 nitrogen and oxygen atoms in total. The fraction of sp³-hybridized carbons (Fsp3) is 0.692. The number of rotatable bonds is 8. The lowest BCUT2D eigenvalue weighted by atomic mass is 9.96. The van der Waals surface area contributed by atoms with E-state index in [1.807, 2.05) is 28.9 Å². The summed E-state index contributed by atoms with van der Waals surface area (Å²) in [6.07, 6.45) is 4.70. The molecular weight excluding hydrogens is 492 g/mol. The minimum atomic E-state index is -3.15. The van der Waals surface area contributed by atoms with Crippen molar-refractivity contribution >= 4 is 26.8 Å². The topological polar surface area (TPSA) is 111 Å². The first-order chi connectivity index (χ1) is 17.6. The number of nitrogens with one attached hydrogen (secondary N) is 1. The maximum atomic E-state index is 13.3. The zero-order valence-electron chi connectivity index (χ0n) is 22.1. The van der Waals surface area contributed by atoms with Crippen molar-refractivity contribution in [2.45, 2.75) is 69.8 Å². The largest absolute Gasteiger partial charge is 0.390 e. The number of hydrogen-bond donors (Lipinski definition) is 2. The van der Waals surface area contributed by atoms with E-state index in [1.54, 1.807) is 0 Å². The molecule has 0 radical (unpaired) electrons. The Balaban J connectivity index is 1.15. The number of piperazine rings is 1. The first-order valence-corrected chi connectivity index (χ1v) is 15.3. The molecule has 3 saturated heterocycles. The number of carbonyl (C=O) groups excluding carboxylic acids is 1. The number of aromatic nitrogens is 2. The van der Waals surface area contributed by atoms with Crippen LogP contribution in [0.5, 0.6) is 0 Å². The van der Waals surface area contributed by atoms with Crippen molar-refractivity contribution in [3.63, 3.8) is 0 Å². The van der Waals surface area contributed by atoms with E-state index < -0.39 is 16.1 Å². The van der Waals surface area contributed by atoms with Gasteiger partial charge in [0.15, 0.2) is 5.69 Å². The molecule has 1 amide bonds. The van der Waals surface area contributed by atoms with E-state index in [-0.39, 0.29) is 18.0 Å². The summed E-state index contributed by atoms with van der Waals surface area (Å²) < 4.78 is 26.9. The van der Waals surface area contributed by atoms with Gasteiger partial charge in [0.2, 0.25) is 10.0 Å². The van der Waals surface area contributed by atoms with Gasteiger partial charge in [-0.25, -0.2) is 8.42 Å². The molecule has 2 N–H and O–H groups in total. The summed E-state index contributed by atoms with van der Waals surface area (Å²) in [7, 11) is -3.15. The zero-order chi connectivity index (χ0) is 26.3. The van der Waals surface area contributed by atoms with E-state index in [0.717, 1.165) is 36.6 Å². The van der Waals surface area contributed by atoms with Crippen LogP contribution in [0.4, 0.5) is 0 Å². The van der Waals surface area contributed by atoms with Crippen molar-refractivity contribution in [3.8, 4) is 0 Å². The third-order valence-corrected chi connectivity index (χ3v) is 9.53. The fourth-order valence-corrected chi connectivity index (χ4v) is 7.26. The van der Waals surface area contributed by atoms with Gasteiger partial charge in [-0.1, -0.05) is 18.2 Å². The molecule has 5 rings (SSSR count). The summed E-state index contributed by atoms with van der Waals surface area (Å²) in [5.41, 5.74) is 1.47. The Kier molecular flexibility index (Phi) is 7.61. The maximum absolute atomic E-state index is 13.3. The predicted octanol–water partition coefficient (Wildman–Crippen LogP) is 1.28. The number of aliphatic hydroxyl groups is 1. The summed E-state index contributed by atoms with van der Waals surface area (Å²) in [6, 6.07) is 8.87. The van der Waals surface area contributed by atoms with E-state index in [4.69, 9.17) is 0 Å². The molecular formula is C26H40N6O4S. The summed E-state index contributed by atoms with van der Waals surface area (Å²) >= 11 is 0. The minimum Gasteiger partial charge on any atom is -0.390 e. The standard InChI is InChI=1S/C26H40N6O4S/c1-18(2)32-24-7-5-4-6-23(24)25(28-32)26(34)27-19-14-20-8-9-21(15-19)31(20)17-22(33)16-29-10-12-30(13-11-29)37(3,35)36/h4-7,18-22,33H,8-17H2,1-3H3,(H,27,34)/t20-,21-,22-/m0/s1. The number of carbonyl (C=O) groups is 1. The normalized spacial score (nSPS) is 26.7. The monoisotopic (exact) mass is 532 g/mol. The van der Waals surface area contributed by atoms with Gasteiger partial charge in [0, 0.05) is 68.8 Å². The van der Waals surface area contributed by atoms with Crippen LogP contribution in [0.2, 0.25) is 0 Å². The van der Waals surface area contributed by atoms with Crippen LogP contribution >= 0.6 is 0 Å². The smallest absolute Gasteiger partial charge is 0.272 e. The van der Waals surface area contributed by atoms with Crippen molar-refractivity contribution in [2.75, 3.05) is 45.5 Å². The molecule has 0 unspecified atom stereocenters. The SMILES string of the molecule is CC(C)n1nc(C(=O)NC2C[C@@H]3CC[C@@H](C2)N3C[C@@H](O)CN2CCN(S(C)(=O)=O)CC2)c2ccccc21. The second-order valence-corrected chi connectivity index (χ2v) is 13.2. The Labute approximate surface area is 219 Å². The van der Waals surface area contributed by atoms with Gasteiger partial charge in [-0.3, -0.25) is 19.3 Å². The summed E-state index contributed by atoms with van der Waals surface area (Å²) in [5, 5.41) is 19.7. The van der Waals surface area contributed by atoms with Crippen LogP contribution in [-0.4, -0.2) is 113 Å². The molecule has 4 heterocycles. The molecule has 0 saturated carbocycles. The zero-order valence-corrected chi connectivity index (χ0v) is 22.9. The summed E-state index contributed by atoms with van der Waals surface area (Å²) in [4.78, 5) is 17.9. The number of nitrogens with zero attached hydrogens (tertiary/aromatic N) is 5. The molecule has 0 aliphatic carbocycles. The number of aliphatic hydroxyl groups excluding tert-OH is 1. The predicted molar refractivity (Wildman–Crippen MR) is 143 cm³/mol. The molecule has 1 aromatic carbocycles. The van der Waals surface area contributed by atoms with Gasteiger partial charge in [-0.05, 0) is 45.6 Å². The molecule has 0 spiro atoms.